The summed E-state index contributed by atoms with van der Waals surface area (Å²) in [6.45, 7) is 5.02. The Kier molecular flexibility index (Phi) is 4.33. The molecule has 0 amide bonds. The molecule has 0 aliphatic carbocycles. The third-order valence-electron chi connectivity index (χ3n) is 3.13. The molecule has 1 N–H and O–H groups in total. The predicted molar refractivity (Wildman–Crippen MR) is 81.2 cm³/mol. The molecular weight excluding hydrogens is 258 g/mol. The van der Waals surface area contributed by atoms with Crippen molar-refractivity contribution in [1.29, 1.82) is 0 Å². The Morgan fingerprint density at radius 2 is 1.89 bits per heavy atom. The largest absolute Gasteiger partial charge is 0.495 e. The summed E-state index contributed by atoms with van der Waals surface area (Å²) in [5.74, 6) is 0.693. The lowest BCUT2D eigenvalue weighted by Crippen LogP contribution is -2.01. The minimum absolute atomic E-state index is 0.619. The van der Waals surface area contributed by atoms with Crippen LogP contribution in [0.5, 0.6) is 5.75 Å². The fraction of sp³-hybridized carbons (Fsp3) is 0.250. The normalized spacial score (nSPS) is 10.3. The van der Waals surface area contributed by atoms with Crippen LogP contribution in [-0.4, -0.2) is 7.11 Å². The molecule has 0 aromatic heterocycles. The SMILES string of the molecule is COc1ccc(NCc2ccc(C)cc2C)cc1Cl. The molecule has 19 heavy (non-hydrogen) atoms. The third-order valence-corrected chi connectivity index (χ3v) is 3.43. The fourth-order valence-corrected chi connectivity index (χ4v) is 2.28. The molecule has 2 nitrogen and oxygen atoms in total. The summed E-state index contributed by atoms with van der Waals surface area (Å²) >= 11 is 6.10. The second-order valence-electron chi connectivity index (χ2n) is 4.63. The second-order valence-corrected chi connectivity index (χ2v) is 5.04. The monoisotopic (exact) mass is 275 g/mol. The van der Waals surface area contributed by atoms with Crippen LogP contribution < -0.4 is 10.1 Å². The number of hydrogen-bond acceptors (Lipinski definition) is 2. The Hall–Kier alpha value is -1.67. The summed E-state index contributed by atoms with van der Waals surface area (Å²) in [6, 6.07) is 12.2. The van der Waals surface area contributed by atoms with Gasteiger partial charge in [-0.3, -0.25) is 0 Å². The van der Waals surface area contributed by atoms with E-state index in [-0.39, 0.29) is 0 Å². The molecule has 0 bridgehead atoms. The first-order valence-corrected chi connectivity index (χ1v) is 6.61. The van der Waals surface area contributed by atoms with Gasteiger partial charge in [0, 0.05) is 12.2 Å². The molecule has 100 valence electrons. The van der Waals surface area contributed by atoms with Crippen LogP contribution in [0.1, 0.15) is 16.7 Å². The minimum Gasteiger partial charge on any atom is -0.495 e. The number of benzene rings is 2. The molecule has 0 saturated carbocycles. The standard InChI is InChI=1S/C16H18ClNO/c1-11-4-5-13(12(2)8-11)10-18-14-6-7-16(19-3)15(17)9-14/h4-9,18H,10H2,1-3H3. The molecule has 0 heterocycles. The van der Waals surface area contributed by atoms with Crippen molar-refractivity contribution in [3.63, 3.8) is 0 Å². The van der Waals surface area contributed by atoms with Gasteiger partial charge in [-0.1, -0.05) is 35.4 Å². The fourth-order valence-electron chi connectivity index (χ4n) is 2.02. The molecule has 0 unspecified atom stereocenters. The quantitative estimate of drug-likeness (QED) is 0.882. The van der Waals surface area contributed by atoms with Crippen LogP contribution in [-0.2, 0) is 6.54 Å². The van der Waals surface area contributed by atoms with Crippen molar-refractivity contribution < 1.29 is 4.74 Å². The van der Waals surface area contributed by atoms with Crippen LogP contribution in [0.3, 0.4) is 0 Å². The van der Waals surface area contributed by atoms with E-state index in [4.69, 9.17) is 16.3 Å². The maximum absolute atomic E-state index is 6.10. The summed E-state index contributed by atoms with van der Waals surface area (Å²) in [4.78, 5) is 0. The van der Waals surface area contributed by atoms with Crippen molar-refractivity contribution in [3.8, 4) is 5.75 Å². The molecule has 0 spiro atoms. The zero-order chi connectivity index (χ0) is 13.8. The van der Waals surface area contributed by atoms with E-state index in [0.717, 1.165) is 12.2 Å². The first kappa shape index (κ1) is 13.8. The van der Waals surface area contributed by atoms with Gasteiger partial charge < -0.3 is 10.1 Å². The Morgan fingerprint density at radius 3 is 2.53 bits per heavy atom. The topological polar surface area (TPSA) is 21.3 Å². The molecule has 0 aliphatic heterocycles. The van der Waals surface area contributed by atoms with E-state index in [9.17, 15) is 0 Å². The molecule has 3 heteroatoms. The van der Waals surface area contributed by atoms with Crippen LogP contribution in [0, 0.1) is 13.8 Å². The molecular formula is C16H18ClNO. The van der Waals surface area contributed by atoms with Gasteiger partial charge in [0.2, 0.25) is 0 Å². The Bertz CT molecular complexity index is 581. The molecule has 0 fully saturated rings. The number of methoxy groups -OCH3 is 1. The number of ether oxygens (including phenoxy) is 1. The highest BCUT2D eigenvalue weighted by Crippen LogP contribution is 2.27. The van der Waals surface area contributed by atoms with Gasteiger partial charge in [0.15, 0.2) is 0 Å². The van der Waals surface area contributed by atoms with Crippen LogP contribution in [0.2, 0.25) is 5.02 Å². The lowest BCUT2D eigenvalue weighted by atomic mass is 10.1. The summed E-state index contributed by atoms with van der Waals surface area (Å²) < 4.78 is 5.14. The Balaban J connectivity index is 2.08. The summed E-state index contributed by atoms with van der Waals surface area (Å²) in [7, 11) is 1.62. The molecule has 0 radical (unpaired) electrons. The van der Waals surface area contributed by atoms with Gasteiger partial charge in [0.1, 0.15) is 5.75 Å². The van der Waals surface area contributed by atoms with Gasteiger partial charge >= 0.3 is 0 Å². The number of rotatable bonds is 4. The summed E-state index contributed by atoms with van der Waals surface area (Å²) in [5, 5.41) is 3.99. The maximum atomic E-state index is 6.10. The number of halogens is 1. The van der Waals surface area contributed by atoms with Crippen molar-refractivity contribution >= 4 is 17.3 Å². The van der Waals surface area contributed by atoms with Gasteiger partial charge in [-0.25, -0.2) is 0 Å². The molecule has 2 aromatic carbocycles. The average Bonchev–Trinajstić information content (AvgIpc) is 2.38. The van der Waals surface area contributed by atoms with Crippen LogP contribution >= 0.6 is 11.6 Å². The zero-order valence-electron chi connectivity index (χ0n) is 11.5. The number of hydrogen-bond donors (Lipinski definition) is 1. The van der Waals surface area contributed by atoms with Crippen molar-refractivity contribution in [2.45, 2.75) is 20.4 Å². The van der Waals surface area contributed by atoms with E-state index in [1.807, 2.05) is 18.2 Å². The van der Waals surface area contributed by atoms with Crippen LogP contribution in [0.15, 0.2) is 36.4 Å². The summed E-state index contributed by atoms with van der Waals surface area (Å²) in [6.07, 6.45) is 0. The first-order valence-electron chi connectivity index (χ1n) is 6.23. The highest BCUT2D eigenvalue weighted by molar-refractivity contribution is 6.32. The van der Waals surface area contributed by atoms with E-state index in [1.165, 1.54) is 16.7 Å². The van der Waals surface area contributed by atoms with Gasteiger partial charge in [-0.2, -0.15) is 0 Å². The zero-order valence-corrected chi connectivity index (χ0v) is 12.2. The summed E-state index contributed by atoms with van der Waals surface area (Å²) in [5.41, 5.74) is 4.86. The Morgan fingerprint density at radius 1 is 1.11 bits per heavy atom. The number of nitrogens with one attached hydrogen (secondary N) is 1. The van der Waals surface area contributed by atoms with Crippen molar-refractivity contribution in [2.75, 3.05) is 12.4 Å². The van der Waals surface area contributed by atoms with Crippen LogP contribution in [0.25, 0.3) is 0 Å². The first-order chi connectivity index (χ1) is 9.10. The predicted octanol–water partition coefficient (Wildman–Crippen LogP) is 4.58. The van der Waals surface area contributed by atoms with Gasteiger partial charge in [-0.05, 0) is 43.2 Å². The highest BCUT2D eigenvalue weighted by Gasteiger charge is 2.03. The minimum atomic E-state index is 0.619. The van der Waals surface area contributed by atoms with E-state index < -0.39 is 0 Å². The van der Waals surface area contributed by atoms with E-state index in [0.29, 0.717) is 10.8 Å². The maximum Gasteiger partial charge on any atom is 0.137 e. The number of anilines is 1. The van der Waals surface area contributed by atoms with E-state index in [1.54, 1.807) is 7.11 Å². The van der Waals surface area contributed by atoms with Crippen molar-refractivity contribution in [1.82, 2.24) is 0 Å². The van der Waals surface area contributed by atoms with Crippen molar-refractivity contribution in [2.24, 2.45) is 0 Å². The molecule has 0 aliphatic rings. The van der Waals surface area contributed by atoms with E-state index in [2.05, 4.69) is 37.4 Å². The van der Waals surface area contributed by atoms with Crippen LogP contribution in [0.4, 0.5) is 5.69 Å². The molecule has 0 atom stereocenters. The third kappa shape index (κ3) is 3.42. The molecule has 2 rings (SSSR count). The van der Waals surface area contributed by atoms with Gasteiger partial charge in [0.05, 0.1) is 12.1 Å². The van der Waals surface area contributed by atoms with Gasteiger partial charge in [0.25, 0.3) is 0 Å². The number of aryl methyl sites for hydroxylation is 2. The Labute approximate surface area is 119 Å². The average molecular weight is 276 g/mol. The second kappa shape index (κ2) is 5.98. The lowest BCUT2D eigenvalue weighted by molar-refractivity contribution is 0.415. The smallest absolute Gasteiger partial charge is 0.137 e. The van der Waals surface area contributed by atoms with Gasteiger partial charge in [-0.15, -0.1) is 0 Å². The van der Waals surface area contributed by atoms with E-state index >= 15 is 0 Å². The lowest BCUT2D eigenvalue weighted by Gasteiger charge is -2.11. The molecule has 0 saturated heterocycles. The molecule has 2 aromatic rings. The van der Waals surface area contributed by atoms with Crippen molar-refractivity contribution in [3.05, 3.63) is 58.1 Å². The highest BCUT2D eigenvalue weighted by atomic mass is 35.5.